The van der Waals surface area contributed by atoms with Crippen molar-refractivity contribution in [2.24, 2.45) is 0 Å². The van der Waals surface area contributed by atoms with Crippen molar-refractivity contribution in [3.8, 4) is 11.8 Å². The average molecular weight is 291 g/mol. The summed E-state index contributed by atoms with van der Waals surface area (Å²) in [5, 5.41) is 10.5. The van der Waals surface area contributed by atoms with Crippen molar-refractivity contribution in [1.29, 1.82) is 5.26 Å². The number of hydrogen-bond acceptors (Lipinski definition) is 4. The second kappa shape index (κ2) is 6.46. The molecule has 2 rings (SSSR count). The van der Waals surface area contributed by atoms with Gasteiger partial charge in [-0.1, -0.05) is 17.7 Å². The van der Waals surface area contributed by atoms with Gasteiger partial charge in [0.2, 0.25) is 0 Å². The maximum Gasteiger partial charge on any atom is 0.136 e. The lowest BCUT2D eigenvalue weighted by Crippen LogP contribution is -1.90. The Labute approximate surface area is 121 Å². The Kier molecular flexibility index (Phi) is 4.67. The van der Waals surface area contributed by atoms with Crippen molar-refractivity contribution >= 4 is 23.4 Å². The van der Waals surface area contributed by atoms with Gasteiger partial charge in [0.25, 0.3) is 0 Å². The molecule has 0 radical (unpaired) electrons. The summed E-state index contributed by atoms with van der Waals surface area (Å²) in [5.41, 5.74) is 1.57. The van der Waals surface area contributed by atoms with E-state index in [-0.39, 0.29) is 0 Å². The third-order valence-electron chi connectivity index (χ3n) is 2.48. The van der Waals surface area contributed by atoms with Gasteiger partial charge in [-0.05, 0) is 29.8 Å². The Morgan fingerprint density at radius 1 is 1.42 bits per heavy atom. The first kappa shape index (κ1) is 13.7. The van der Waals surface area contributed by atoms with E-state index in [0.29, 0.717) is 22.1 Å². The maximum absolute atomic E-state index is 9.03. The number of aromatic nitrogens is 1. The third kappa shape index (κ3) is 3.40. The second-order valence-electron chi connectivity index (χ2n) is 3.73. The number of rotatable bonds is 4. The number of nitriles is 1. The predicted molar refractivity (Wildman–Crippen MR) is 76.5 cm³/mol. The molecule has 2 aromatic rings. The Morgan fingerprint density at radius 2 is 2.26 bits per heavy atom. The highest BCUT2D eigenvalue weighted by Gasteiger charge is 2.06. The molecular weight excluding hydrogens is 280 g/mol. The molecule has 0 saturated heterocycles. The fraction of sp³-hybridized carbons (Fsp3) is 0.143. The third-order valence-corrected chi connectivity index (χ3v) is 3.98. The number of benzene rings is 1. The fourth-order valence-corrected chi connectivity index (χ4v) is 2.67. The zero-order chi connectivity index (χ0) is 13.7. The zero-order valence-corrected chi connectivity index (χ0v) is 11.8. The van der Waals surface area contributed by atoms with E-state index in [2.05, 4.69) is 11.1 Å². The molecule has 0 bridgehead atoms. The van der Waals surface area contributed by atoms with E-state index in [4.69, 9.17) is 21.6 Å². The minimum absolute atomic E-state index is 0.535. The van der Waals surface area contributed by atoms with E-state index in [9.17, 15) is 0 Å². The van der Waals surface area contributed by atoms with Gasteiger partial charge in [0.15, 0.2) is 0 Å². The SMILES string of the molecule is COc1ccc(CSc2ncccc2Cl)cc1C#N. The molecule has 96 valence electrons. The normalized spacial score (nSPS) is 9.95. The Bertz CT molecular complexity index is 625. The van der Waals surface area contributed by atoms with Crippen LogP contribution in [0, 0.1) is 11.3 Å². The van der Waals surface area contributed by atoms with Crippen LogP contribution >= 0.6 is 23.4 Å². The van der Waals surface area contributed by atoms with Crippen LogP contribution in [0.15, 0.2) is 41.6 Å². The smallest absolute Gasteiger partial charge is 0.136 e. The molecule has 5 heteroatoms. The molecule has 0 aliphatic rings. The van der Waals surface area contributed by atoms with E-state index in [1.807, 2.05) is 18.2 Å². The van der Waals surface area contributed by atoms with E-state index in [0.717, 1.165) is 10.6 Å². The molecule has 0 N–H and O–H groups in total. The number of halogens is 1. The van der Waals surface area contributed by atoms with Gasteiger partial charge in [0.1, 0.15) is 16.8 Å². The Morgan fingerprint density at radius 3 is 2.95 bits per heavy atom. The van der Waals surface area contributed by atoms with Crippen LogP contribution in [-0.4, -0.2) is 12.1 Å². The van der Waals surface area contributed by atoms with Crippen LogP contribution in [0.4, 0.5) is 0 Å². The summed E-state index contributed by atoms with van der Waals surface area (Å²) in [4.78, 5) is 4.21. The summed E-state index contributed by atoms with van der Waals surface area (Å²) < 4.78 is 5.11. The van der Waals surface area contributed by atoms with Gasteiger partial charge in [-0.3, -0.25) is 0 Å². The standard InChI is InChI=1S/C14H11ClN2OS/c1-18-13-5-4-10(7-11(13)8-16)9-19-14-12(15)3-2-6-17-14/h2-7H,9H2,1H3. The Hall–Kier alpha value is -1.70. The monoisotopic (exact) mass is 290 g/mol. The van der Waals surface area contributed by atoms with Gasteiger partial charge in [0, 0.05) is 11.9 Å². The molecule has 1 aromatic carbocycles. The molecule has 3 nitrogen and oxygen atoms in total. The number of pyridine rings is 1. The lowest BCUT2D eigenvalue weighted by atomic mass is 10.1. The maximum atomic E-state index is 9.03. The van der Waals surface area contributed by atoms with E-state index in [1.165, 1.54) is 11.8 Å². The predicted octanol–water partition coefficient (Wildman–Crippen LogP) is 3.91. The molecule has 1 aromatic heterocycles. The largest absolute Gasteiger partial charge is 0.495 e. The summed E-state index contributed by atoms with van der Waals surface area (Å²) in [7, 11) is 1.55. The fourth-order valence-electron chi connectivity index (χ4n) is 1.56. The van der Waals surface area contributed by atoms with E-state index >= 15 is 0 Å². The van der Waals surface area contributed by atoms with Crippen LogP contribution in [0.3, 0.4) is 0 Å². The first-order valence-corrected chi connectivity index (χ1v) is 6.91. The lowest BCUT2D eigenvalue weighted by Gasteiger charge is -2.06. The zero-order valence-electron chi connectivity index (χ0n) is 10.3. The number of nitrogens with zero attached hydrogens (tertiary/aromatic N) is 2. The van der Waals surface area contributed by atoms with Crippen molar-refractivity contribution in [1.82, 2.24) is 4.98 Å². The number of methoxy groups -OCH3 is 1. The highest BCUT2D eigenvalue weighted by molar-refractivity contribution is 7.98. The van der Waals surface area contributed by atoms with Crippen LogP contribution in [0.5, 0.6) is 5.75 Å². The van der Waals surface area contributed by atoms with Gasteiger partial charge in [-0.25, -0.2) is 4.98 Å². The van der Waals surface area contributed by atoms with Crippen LogP contribution < -0.4 is 4.74 Å². The average Bonchev–Trinajstić information content (AvgIpc) is 2.46. The van der Waals surface area contributed by atoms with Gasteiger partial charge in [-0.15, -0.1) is 11.8 Å². The van der Waals surface area contributed by atoms with Crippen molar-refractivity contribution in [2.45, 2.75) is 10.8 Å². The molecule has 0 saturated carbocycles. The first-order valence-electron chi connectivity index (χ1n) is 5.55. The first-order chi connectivity index (χ1) is 9.24. The van der Waals surface area contributed by atoms with Crippen molar-refractivity contribution in [2.75, 3.05) is 7.11 Å². The van der Waals surface area contributed by atoms with E-state index in [1.54, 1.807) is 25.4 Å². The van der Waals surface area contributed by atoms with Gasteiger partial charge in [-0.2, -0.15) is 5.26 Å². The van der Waals surface area contributed by atoms with Crippen LogP contribution in [0.25, 0.3) is 0 Å². The quantitative estimate of drug-likeness (QED) is 0.801. The summed E-state index contributed by atoms with van der Waals surface area (Å²) in [5.74, 6) is 1.29. The minimum Gasteiger partial charge on any atom is -0.495 e. The molecule has 0 aliphatic carbocycles. The molecule has 1 heterocycles. The van der Waals surface area contributed by atoms with Crippen LogP contribution in [0.1, 0.15) is 11.1 Å². The molecule has 0 aliphatic heterocycles. The van der Waals surface area contributed by atoms with E-state index < -0.39 is 0 Å². The van der Waals surface area contributed by atoms with Gasteiger partial charge in [0.05, 0.1) is 17.7 Å². The second-order valence-corrected chi connectivity index (χ2v) is 5.10. The molecule has 0 fully saturated rings. The van der Waals surface area contributed by atoms with Crippen LogP contribution in [-0.2, 0) is 5.75 Å². The molecular formula is C14H11ClN2OS. The molecule has 0 amide bonds. The number of ether oxygens (including phenoxy) is 1. The summed E-state index contributed by atoms with van der Waals surface area (Å²) in [6.45, 7) is 0. The molecule has 0 spiro atoms. The summed E-state index contributed by atoms with van der Waals surface area (Å²) >= 11 is 7.58. The highest BCUT2D eigenvalue weighted by Crippen LogP contribution is 2.28. The summed E-state index contributed by atoms with van der Waals surface area (Å²) in [6, 6.07) is 11.3. The van der Waals surface area contributed by atoms with Crippen molar-refractivity contribution < 1.29 is 4.74 Å². The summed E-state index contributed by atoms with van der Waals surface area (Å²) in [6.07, 6.45) is 1.71. The van der Waals surface area contributed by atoms with Gasteiger partial charge >= 0.3 is 0 Å². The number of thioether (sulfide) groups is 1. The van der Waals surface area contributed by atoms with Crippen molar-refractivity contribution in [3.05, 3.63) is 52.7 Å². The van der Waals surface area contributed by atoms with Gasteiger partial charge < -0.3 is 4.74 Å². The molecule has 19 heavy (non-hydrogen) atoms. The lowest BCUT2D eigenvalue weighted by molar-refractivity contribution is 0.413. The Balaban J connectivity index is 2.13. The topological polar surface area (TPSA) is 45.9 Å². The molecule has 0 atom stereocenters. The molecule has 0 unspecified atom stereocenters. The highest BCUT2D eigenvalue weighted by atomic mass is 35.5. The van der Waals surface area contributed by atoms with Crippen molar-refractivity contribution in [3.63, 3.8) is 0 Å². The number of hydrogen-bond donors (Lipinski definition) is 0. The minimum atomic E-state index is 0.535. The van der Waals surface area contributed by atoms with Crippen LogP contribution in [0.2, 0.25) is 5.02 Å².